The maximum Gasteiger partial charge on any atom is 0.131 e. The Kier molecular flexibility index (Phi) is 4.48. The van der Waals surface area contributed by atoms with Crippen molar-refractivity contribution in [1.29, 1.82) is 0 Å². The van der Waals surface area contributed by atoms with Gasteiger partial charge >= 0.3 is 0 Å². The molecule has 2 aromatic carbocycles. The fourth-order valence-corrected chi connectivity index (χ4v) is 2.92. The lowest BCUT2D eigenvalue weighted by atomic mass is 9.94. The number of nitrogens with one attached hydrogen (secondary N) is 1. The van der Waals surface area contributed by atoms with E-state index < -0.39 is 0 Å². The molecule has 3 rings (SSSR count). The number of ether oxygens (including phenoxy) is 2. The van der Waals surface area contributed by atoms with Crippen molar-refractivity contribution in [1.82, 2.24) is 5.32 Å². The van der Waals surface area contributed by atoms with Crippen LogP contribution in [0.2, 0.25) is 0 Å². The van der Waals surface area contributed by atoms with Crippen molar-refractivity contribution in [2.75, 3.05) is 26.4 Å². The first-order chi connectivity index (χ1) is 10.3. The van der Waals surface area contributed by atoms with Crippen molar-refractivity contribution in [3.63, 3.8) is 0 Å². The maximum absolute atomic E-state index is 14.0. The molecule has 0 spiro atoms. The standard InChI is InChI=1S/C17H20FNO2/c1-2-19-17(16-11-20-9-10-21-16)14-7-8-15(18)13-6-4-3-5-12(13)14/h3-8,16-17,19H,2,9-11H2,1H3. The zero-order valence-electron chi connectivity index (χ0n) is 12.1. The minimum atomic E-state index is -0.189. The van der Waals surface area contributed by atoms with Crippen molar-refractivity contribution in [2.45, 2.75) is 19.1 Å². The van der Waals surface area contributed by atoms with Crippen LogP contribution in [-0.4, -0.2) is 32.5 Å². The van der Waals surface area contributed by atoms with Crippen molar-refractivity contribution in [2.24, 2.45) is 0 Å². The average Bonchev–Trinajstić information content (AvgIpc) is 2.55. The highest BCUT2D eigenvalue weighted by Gasteiger charge is 2.27. The summed E-state index contributed by atoms with van der Waals surface area (Å²) >= 11 is 0. The molecule has 3 nitrogen and oxygen atoms in total. The van der Waals surface area contributed by atoms with Gasteiger partial charge in [0, 0.05) is 5.39 Å². The van der Waals surface area contributed by atoms with E-state index in [1.54, 1.807) is 0 Å². The summed E-state index contributed by atoms with van der Waals surface area (Å²) < 4.78 is 25.4. The SMILES string of the molecule is CCNC(c1ccc(F)c2ccccc12)C1COCCO1. The van der Waals surface area contributed by atoms with Gasteiger partial charge in [-0.25, -0.2) is 4.39 Å². The first kappa shape index (κ1) is 14.4. The number of benzene rings is 2. The van der Waals surface area contributed by atoms with Crippen LogP contribution in [0.15, 0.2) is 36.4 Å². The Morgan fingerprint density at radius 2 is 2.00 bits per heavy atom. The smallest absolute Gasteiger partial charge is 0.131 e. The van der Waals surface area contributed by atoms with E-state index in [9.17, 15) is 4.39 Å². The highest BCUT2D eigenvalue weighted by molar-refractivity contribution is 5.86. The topological polar surface area (TPSA) is 30.5 Å². The molecule has 0 amide bonds. The number of hydrogen-bond donors (Lipinski definition) is 1. The molecule has 1 fully saturated rings. The lowest BCUT2D eigenvalue weighted by Crippen LogP contribution is -2.40. The van der Waals surface area contributed by atoms with Crippen LogP contribution in [0.25, 0.3) is 10.8 Å². The molecule has 0 aliphatic carbocycles. The fraction of sp³-hybridized carbons (Fsp3) is 0.412. The summed E-state index contributed by atoms with van der Waals surface area (Å²) in [5.41, 5.74) is 1.06. The number of likely N-dealkylation sites (N-methyl/N-ethyl adjacent to an activating group) is 1. The van der Waals surface area contributed by atoms with E-state index in [1.807, 2.05) is 30.3 Å². The molecular formula is C17H20FNO2. The third-order valence-electron chi connectivity index (χ3n) is 3.88. The Balaban J connectivity index is 2.04. The molecule has 2 atom stereocenters. The van der Waals surface area contributed by atoms with Gasteiger partial charge in [-0.05, 0) is 23.6 Å². The number of fused-ring (bicyclic) bond motifs is 1. The monoisotopic (exact) mass is 289 g/mol. The van der Waals surface area contributed by atoms with Gasteiger partial charge < -0.3 is 14.8 Å². The Morgan fingerprint density at radius 3 is 2.71 bits per heavy atom. The molecule has 1 aliphatic rings. The predicted octanol–water partition coefficient (Wildman–Crippen LogP) is 3.04. The zero-order valence-corrected chi connectivity index (χ0v) is 12.1. The van der Waals surface area contributed by atoms with Gasteiger partial charge in [-0.2, -0.15) is 0 Å². The third kappa shape index (κ3) is 2.93. The van der Waals surface area contributed by atoms with Crippen LogP contribution in [0.5, 0.6) is 0 Å². The van der Waals surface area contributed by atoms with Gasteiger partial charge in [0.25, 0.3) is 0 Å². The highest BCUT2D eigenvalue weighted by atomic mass is 19.1. The molecule has 0 saturated carbocycles. The Hall–Kier alpha value is -1.49. The predicted molar refractivity (Wildman–Crippen MR) is 80.9 cm³/mol. The molecule has 0 bridgehead atoms. The van der Waals surface area contributed by atoms with Crippen LogP contribution in [0.3, 0.4) is 0 Å². The van der Waals surface area contributed by atoms with Gasteiger partial charge in [-0.1, -0.05) is 37.3 Å². The number of halogens is 1. The van der Waals surface area contributed by atoms with Gasteiger partial charge in [-0.3, -0.25) is 0 Å². The van der Waals surface area contributed by atoms with Crippen molar-refractivity contribution in [3.8, 4) is 0 Å². The minimum absolute atomic E-state index is 0.000741. The van der Waals surface area contributed by atoms with Gasteiger partial charge in [0.15, 0.2) is 0 Å². The van der Waals surface area contributed by atoms with E-state index in [0.29, 0.717) is 25.2 Å². The Morgan fingerprint density at radius 1 is 1.19 bits per heavy atom. The molecule has 0 radical (unpaired) electrons. The summed E-state index contributed by atoms with van der Waals surface area (Å²) in [6.45, 7) is 4.67. The van der Waals surface area contributed by atoms with Gasteiger partial charge in [0.1, 0.15) is 11.9 Å². The molecule has 1 saturated heterocycles. The zero-order chi connectivity index (χ0) is 14.7. The van der Waals surface area contributed by atoms with Crippen LogP contribution >= 0.6 is 0 Å². The Bertz CT molecular complexity index is 611. The minimum Gasteiger partial charge on any atom is -0.376 e. The summed E-state index contributed by atoms with van der Waals surface area (Å²) in [6, 6.07) is 11.0. The largest absolute Gasteiger partial charge is 0.376 e. The Labute approximate surface area is 124 Å². The summed E-state index contributed by atoms with van der Waals surface area (Å²) in [5, 5.41) is 5.03. The second-order valence-electron chi connectivity index (χ2n) is 5.20. The molecule has 1 aliphatic heterocycles. The molecule has 1 heterocycles. The van der Waals surface area contributed by atoms with Crippen LogP contribution in [0, 0.1) is 5.82 Å². The summed E-state index contributed by atoms with van der Waals surface area (Å²) in [4.78, 5) is 0. The molecule has 2 aromatic rings. The van der Waals surface area contributed by atoms with E-state index in [1.165, 1.54) is 6.07 Å². The lowest BCUT2D eigenvalue weighted by Gasteiger charge is -2.32. The summed E-state index contributed by atoms with van der Waals surface area (Å²) in [5.74, 6) is -0.189. The lowest BCUT2D eigenvalue weighted by molar-refractivity contribution is -0.102. The molecule has 1 N–H and O–H groups in total. The highest BCUT2D eigenvalue weighted by Crippen LogP contribution is 2.30. The molecule has 112 valence electrons. The molecule has 4 heteroatoms. The van der Waals surface area contributed by atoms with E-state index >= 15 is 0 Å². The second kappa shape index (κ2) is 6.52. The van der Waals surface area contributed by atoms with Gasteiger partial charge in [0.2, 0.25) is 0 Å². The summed E-state index contributed by atoms with van der Waals surface area (Å²) in [7, 11) is 0. The van der Waals surface area contributed by atoms with Crippen molar-refractivity contribution < 1.29 is 13.9 Å². The second-order valence-corrected chi connectivity index (χ2v) is 5.20. The number of hydrogen-bond acceptors (Lipinski definition) is 3. The van der Waals surface area contributed by atoms with Gasteiger partial charge in [0.05, 0.1) is 25.9 Å². The van der Waals surface area contributed by atoms with Gasteiger partial charge in [-0.15, -0.1) is 0 Å². The molecule has 21 heavy (non-hydrogen) atoms. The first-order valence-corrected chi connectivity index (χ1v) is 7.41. The number of rotatable bonds is 4. The van der Waals surface area contributed by atoms with Crippen LogP contribution in [0.4, 0.5) is 4.39 Å². The van der Waals surface area contributed by atoms with Crippen LogP contribution in [0.1, 0.15) is 18.5 Å². The van der Waals surface area contributed by atoms with E-state index in [-0.39, 0.29) is 18.0 Å². The van der Waals surface area contributed by atoms with Crippen LogP contribution in [-0.2, 0) is 9.47 Å². The van der Waals surface area contributed by atoms with E-state index in [0.717, 1.165) is 17.5 Å². The molecule has 2 unspecified atom stereocenters. The quantitative estimate of drug-likeness (QED) is 0.938. The van der Waals surface area contributed by atoms with E-state index in [4.69, 9.17) is 9.47 Å². The summed E-state index contributed by atoms with van der Waals surface area (Å²) in [6.07, 6.45) is -0.0485. The van der Waals surface area contributed by atoms with Crippen molar-refractivity contribution >= 4 is 10.8 Å². The molecule has 0 aromatic heterocycles. The maximum atomic E-state index is 14.0. The molecular weight excluding hydrogens is 269 g/mol. The van der Waals surface area contributed by atoms with E-state index in [2.05, 4.69) is 12.2 Å². The third-order valence-corrected chi connectivity index (χ3v) is 3.88. The normalized spacial score (nSPS) is 20.6. The average molecular weight is 289 g/mol. The first-order valence-electron chi connectivity index (χ1n) is 7.41. The van der Waals surface area contributed by atoms with Crippen LogP contribution < -0.4 is 5.32 Å². The van der Waals surface area contributed by atoms with Crippen molar-refractivity contribution in [3.05, 3.63) is 47.8 Å². The fourth-order valence-electron chi connectivity index (χ4n) is 2.92.